The number of benzene rings is 2. The van der Waals surface area contributed by atoms with Gasteiger partial charge in [0.1, 0.15) is 5.70 Å². The number of anilines is 1. The summed E-state index contributed by atoms with van der Waals surface area (Å²) in [5.41, 5.74) is 14.0. The van der Waals surface area contributed by atoms with Crippen molar-refractivity contribution >= 4 is 11.4 Å². The van der Waals surface area contributed by atoms with Gasteiger partial charge in [-0.15, -0.1) is 0 Å². The molecule has 0 saturated heterocycles. The average molecular weight is 267 g/mol. The van der Waals surface area contributed by atoms with Gasteiger partial charge in [0.2, 0.25) is 5.88 Å². The fraction of sp³-hybridized carbons (Fsp3) is 0.125. The van der Waals surface area contributed by atoms with Gasteiger partial charge in [-0.05, 0) is 26.0 Å². The van der Waals surface area contributed by atoms with Gasteiger partial charge in [0.25, 0.3) is 0 Å². The average Bonchev–Trinajstić information content (AvgIpc) is 2.83. The van der Waals surface area contributed by atoms with E-state index >= 15 is 0 Å². The Labute approximate surface area is 118 Å². The van der Waals surface area contributed by atoms with E-state index in [2.05, 4.69) is 43.7 Å². The highest BCUT2D eigenvalue weighted by Crippen LogP contribution is 2.30. The number of hydrogen-bond donors (Lipinski definition) is 2. The molecule has 1 aliphatic heterocycles. The SMILES string of the molecule is Cc1ccc(C2=C(N)ONN2c2ccc(C)cc2)cc1. The van der Waals surface area contributed by atoms with Crippen LogP contribution in [-0.4, -0.2) is 0 Å². The summed E-state index contributed by atoms with van der Waals surface area (Å²) in [6.45, 7) is 4.12. The quantitative estimate of drug-likeness (QED) is 0.878. The van der Waals surface area contributed by atoms with Crippen LogP contribution in [0.3, 0.4) is 0 Å². The molecule has 2 aromatic carbocycles. The summed E-state index contributed by atoms with van der Waals surface area (Å²) in [6, 6.07) is 16.3. The first kappa shape index (κ1) is 12.6. The molecule has 20 heavy (non-hydrogen) atoms. The van der Waals surface area contributed by atoms with Crippen molar-refractivity contribution in [1.29, 1.82) is 0 Å². The molecule has 0 bridgehead atoms. The van der Waals surface area contributed by atoms with Crippen LogP contribution in [-0.2, 0) is 4.84 Å². The maximum absolute atomic E-state index is 5.96. The van der Waals surface area contributed by atoms with Crippen molar-refractivity contribution in [2.24, 2.45) is 5.73 Å². The van der Waals surface area contributed by atoms with Crippen molar-refractivity contribution in [2.45, 2.75) is 13.8 Å². The van der Waals surface area contributed by atoms with Crippen molar-refractivity contribution in [3.8, 4) is 0 Å². The molecule has 4 heteroatoms. The van der Waals surface area contributed by atoms with Gasteiger partial charge in [-0.3, -0.25) is 0 Å². The normalized spacial score (nSPS) is 14.6. The minimum absolute atomic E-state index is 0.370. The third-order valence-corrected chi connectivity index (χ3v) is 3.32. The summed E-state index contributed by atoms with van der Waals surface area (Å²) >= 11 is 0. The second kappa shape index (κ2) is 4.90. The van der Waals surface area contributed by atoms with Gasteiger partial charge in [0.05, 0.1) is 5.69 Å². The van der Waals surface area contributed by atoms with Crippen molar-refractivity contribution in [1.82, 2.24) is 5.59 Å². The van der Waals surface area contributed by atoms with Crippen LogP contribution in [0.2, 0.25) is 0 Å². The van der Waals surface area contributed by atoms with E-state index in [0.717, 1.165) is 16.9 Å². The highest BCUT2D eigenvalue weighted by Gasteiger charge is 2.25. The van der Waals surface area contributed by atoms with Gasteiger partial charge in [-0.25, -0.2) is 5.01 Å². The minimum atomic E-state index is 0.370. The number of hydrazine groups is 1. The topological polar surface area (TPSA) is 50.5 Å². The van der Waals surface area contributed by atoms with Gasteiger partial charge in [-0.2, -0.15) is 0 Å². The predicted molar refractivity (Wildman–Crippen MR) is 80.2 cm³/mol. The summed E-state index contributed by atoms with van der Waals surface area (Å²) in [5, 5.41) is 1.85. The second-order valence-electron chi connectivity index (χ2n) is 4.94. The maximum Gasteiger partial charge on any atom is 0.238 e. The number of hydrogen-bond acceptors (Lipinski definition) is 4. The first-order chi connectivity index (χ1) is 9.65. The summed E-state index contributed by atoms with van der Waals surface area (Å²) in [5.74, 6) is 0.370. The molecule has 0 aromatic heterocycles. The van der Waals surface area contributed by atoms with Crippen LogP contribution < -0.4 is 16.3 Å². The number of nitrogens with zero attached hydrogens (tertiary/aromatic N) is 1. The lowest BCUT2D eigenvalue weighted by Gasteiger charge is -2.19. The molecule has 0 amide bonds. The zero-order valence-corrected chi connectivity index (χ0v) is 11.6. The highest BCUT2D eigenvalue weighted by atomic mass is 16.7. The fourth-order valence-corrected chi connectivity index (χ4v) is 2.16. The molecule has 0 unspecified atom stereocenters. The second-order valence-corrected chi connectivity index (χ2v) is 4.94. The molecule has 4 nitrogen and oxygen atoms in total. The highest BCUT2D eigenvalue weighted by molar-refractivity contribution is 5.80. The van der Waals surface area contributed by atoms with Gasteiger partial charge < -0.3 is 10.6 Å². The number of nitrogens with two attached hydrogens (primary N) is 1. The van der Waals surface area contributed by atoms with E-state index in [9.17, 15) is 0 Å². The lowest BCUT2D eigenvalue weighted by molar-refractivity contribution is 0.129. The van der Waals surface area contributed by atoms with E-state index in [-0.39, 0.29) is 0 Å². The molecular weight excluding hydrogens is 250 g/mol. The van der Waals surface area contributed by atoms with Crippen LogP contribution in [0.25, 0.3) is 5.70 Å². The Balaban J connectivity index is 2.00. The zero-order chi connectivity index (χ0) is 14.1. The molecule has 0 saturated carbocycles. The standard InChI is InChI=1S/C16H17N3O/c1-11-3-7-13(8-4-11)15-16(17)20-18-19(15)14-9-5-12(2)6-10-14/h3-10,18H,17H2,1-2H3. The molecule has 1 heterocycles. The van der Waals surface area contributed by atoms with Crippen LogP contribution in [0.1, 0.15) is 16.7 Å². The van der Waals surface area contributed by atoms with Crippen LogP contribution >= 0.6 is 0 Å². The predicted octanol–water partition coefficient (Wildman–Crippen LogP) is 2.84. The molecule has 0 atom stereocenters. The van der Waals surface area contributed by atoms with E-state index in [1.807, 2.05) is 29.3 Å². The molecule has 0 radical (unpaired) electrons. The van der Waals surface area contributed by atoms with Gasteiger partial charge in [0.15, 0.2) is 0 Å². The summed E-state index contributed by atoms with van der Waals surface area (Å²) in [7, 11) is 0. The van der Waals surface area contributed by atoms with Crippen LogP contribution in [0, 0.1) is 13.8 Å². The summed E-state index contributed by atoms with van der Waals surface area (Å²) < 4.78 is 0. The van der Waals surface area contributed by atoms with Gasteiger partial charge in [-0.1, -0.05) is 53.1 Å². The van der Waals surface area contributed by atoms with Gasteiger partial charge >= 0.3 is 0 Å². The van der Waals surface area contributed by atoms with Crippen molar-refractivity contribution in [3.05, 3.63) is 71.1 Å². The van der Waals surface area contributed by atoms with Crippen LogP contribution in [0.4, 0.5) is 5.69 Å². The molecule has 0 fully saturated rings. The lowest BCUT2D eigenvalue weighted by atomic mass is 10.1. The lowest BCUT2D eigenvalue weighted by Crippen LogP contribution is -2.30. The largest absolute Gasteiger partial charge is 0.369 e. The van der Waals surface area contributed by atoms with Crippen LogP contribution in [0.15, 0.2) is 54.4 Å². The molecule has 3 rings (SSSR count). The van der Waals surface area contributed by atoms with E-state index in [0.29, 0.717) is 5.88 Å². The monoisotopic (exact) mass is 267 g/mol. The van der Waals surface area contributed by atoms with E-state index in [1.54, 1.807) is 0 Å². The third-order valence-electron chi connectivity index (χ3n) is 3.32. The molecular formula is C16H17N3O. The maximum atomic E-state index is 5.96. The first-order valence-corrected chi connectivity index (χ1v) is 6.51. The fourth-order valence-electron chi connectivity index (χ4n) is 2.16. The molecule has 0 aliphatic carbocycles. The summed E-state index contributed by atoms with van der Waals surface area (Å²) in [4.78, 5) is 5.28. The van der Waals surface area contributed by atoms with Crippen molar-refractivity contribution in [2.75, 3.05) is 5.01 Å². The molecule has 0 spiro atoms. The van der Waals surface area contributed by atoms with E-state index in [1.165, 1.54) is 11.1 Å². The van der Waals surface area contributed by atoms with Crippen LogP contribution in [0.5, 0.6) is 0 Å². The Morgan fingerprint density at radius 2 is 1.45 bits per heavy atom. The molecule has 1 aliphatic rings. The third kappa shape index (κ3) is 2.21. The Morgan fingerprint density at radius 1 is 0.900 bits per heavy atom. The van der Waals surface area contributed by atoms with Gasteiger partial charge in [0, 0.05) is 5.56 Å². The van der Waals surface area contributed by atoms with Crippen molar-refractivity contribution in [3.63, 3.8) is 0 Å². The first-order valence-electron chi connectivity index (χ1n) is 6.51. The smallest absolute Gasteiger partial charge is 0.238 e. The number of nitrogens with one attached hydrogen (secondary N) is 1. The van der Waals surface area contributed by atoms with E-state index in [4.69, 9.17) is 10.6 Å². The van der Waals surface area contributed by atoms with E-state index < -0.39 is 0 Å². The Kier molecular flexibility index (Phi) is 3.08. The number of rotatable bonds is 2. The Morgan fingerprint density at radius 3 is 2.05 bits per heavy atom. The summed E-state index contributed by atoms with van der Waals surface area (Å²) in [6.07, 6.45) is 0. The van der Waals surface area contributed by atoms with Crippen molar-refractivity contribution < 1.29 is 4.84 Å². The minimum Gasteiger partial charge on any atom is -0.369 e. The zero-order valence-electron chi connectivity index (χ0n) is 11.6. The molecule has 102 valence electrons. The number of aryl methyl sites for hydroxylation is 2. The Hall–Kier alpha value is -2.46. The Bertz CT molecular complexity index is 644. The molecule has 2 aromatic rings. The molecule has 3 N–H and O–H groups in total.